The summed E-state index contributed by atoms with van der Waals surface area (Å²) < 4.78 is 30.0. The van der Waals surface area contributed by atoms with Gasteiger partial charge in [-0.2, -0.15) is 5.26 Å². The highest BCUT2D eigenvalue weighted by Crippen LogP contribution is 2.28. The van der Waals surface area contributed by atoms with E-state index in [0.717, 1.165) is 12.1 Å². The molecule has 1 aromatic heterocycles. The van der Waals surface area contributed by atoms with Crippen LogP contribution in [-0.4, -0.2) is 39.2 Å². The van der Waals surface area contributed by atoms with E-state index in [-0.39, 0.29) is 29.4 Å². The third-order valence-electron chi connectivity index (χ3n) is 5.35. The van der Waals surface area contributed by atoms with Crippen molar-refractivity contribution in [3.05, 3.63) is 47.5 Å². The zero-order chi connectivity index (χ0) is 27.7. The number of amides is 3. The Morgan fingerprint density at radius 3 is 2.27 bits per heavy atom. The Labute approximate surface area is 213 Å². The molecule has 0 aliphatic heterocycles. The molecule has 2 aromatic carbocycles. The molecular formula is C26H30F2N6O3. The fourth-order valence-corrected chi connectivity index (χ4v) is 3.69. The monoisotopic (exact) mass is 512 g/mol. The summed E-state index contributed by atoms with van der Waals surface area (Å²) in [6.45, 7) is 9.11. The Morgan fingerprint density at radius 2 is 1.73 bits per heavy atom. The second-order valence-corrected chi connectivity index (χ2v) is 10.7. The van der Waals surface area contributed by atoms with Gasteiger partial charge in [-0.15, -0.1) is 0 Å². The van der Waals surface area contributed by atoms with Crippen LogP contribution in [0.5, 0.6) is 0 Å². The SMILES string of the molecule is CN(C(=O)CC(C)(C)C)c1ccc2c(c1)nc(NC(=O)Nc1c(F)cc(C#N)cc1F)n2CC(C)(C)O. The number of nitriles is 1. The predicted octanol–water partition coefficient (Wildman–Crippen LogP) is 5.00. The number of aromatic nitrogens is 2. The molecule has 0 saturated carbocycles. The van der Waals surface area contributed by atoms with Crippen LogP contribution < -0.4 is 15.5 Å². The third kappa shape index (κ3) is 6.80. The topological polar surface area (TPSA) is 123 Å². The highest BCUT2D eigenvalue weighted by Gasteiger charge is 2.24. The molecule has 0 aliphatic carbocycles. The molecule has 0 unspecified atom stereocenters. The number of carbonyl (C=O) groups excluding carboxylic acids is 2. The lowest BCUT2D eigenvalue weighted by Gasteiger charge is -2.23. The second-order valence-electron chi connectivity index (χ2n) is 10.7. The Morgan fingerprint density at radius 1 is 1.11 bits per heavy atom. The first-order valence-corrected chi connectivity index (χ1v) is 11.5. The van der Waals surface area contributed by atoms with Crippen LogP contribution in [0, 0.1) is 28.4 Å². The summed E-state index contributed by atoms with van der Waals surface area (Å²) in [5.41, 5.74) is -0.742. The molecule has 3 rings (SSSR count). The Bertz CT molecular complexity index is 1370. The number of imidazole rings is 1. The molecule has 0 radical (unpaired) electrons. The maximum Gasteiger partial charge on any atom is 0.326 e. The van der Waals surface area contributed by atoms with Gasteiger partial charge in [0.05, 0.1) is 34.8 Å². The van der Waals surface area contributed by atoms with Gasteiger partial charge in [0.25, 0.3) is 0 Å². The normalized spacial score (nSPS) is 11.8. The molecule has 11 heteroatoms. The number of fused-ring (bicyclic) bond motifs is 1. The van der Waals surface area contributed by atoms with E-state index in [1.165, 1.54) is 4.90 Å². The van der Waals surface area contributed by atoms with Gasteiger partial charge in [0.15, 0.2) is 11.6 Å². The predicted molar refractivity (Wildman–Crippen MR) is 137 cm³/mol. The van der Waals surface area contributed by atoms with Crippen molar-refractivity contribution < 1.29 is 23.5 Å². The van der Waals surface area contributed by atoms with Crippen molar-refractivity contribution in [1.82, 2.24) is 9.55 Å². The van der Waals surface area contributed by atoms with Crippen LogP contribution >= 0.6 is 0 Å². The van der Waals surface area contributed by atoms with E-state index in [1.807, 2.05) is 20.8 Å². The molecule has 0 spiro atoms. The number of hydrogen-bond donors (Lipinski definition) is 3. The minimum atomic E-state index is -1.19. The highest BCUT2D eigenvalue weighted by molar-refractivity contribution is 6.00. The summed E-state index contributed by atoms with van der Waals surface area (Å²) >= 11 is 0. The average Bonchev–Trinajstić information content (AvgIpc) is 3.08. The van der Waals surface area contributed by atoms with Crippen molar-refractivity contribution >= 4 is 40.3 Å². The van der Waals surface area contributed by atoms with Crippen LogP contribution in [0.3, 0.4) is 0 Å². The van der Waals surface area contributed by atoms with Crippen molar-refractivity contribution in [2.75, 3.05) is 22.6 Å². The van der Waals surface area contributed by atoms with Gasteiger partial charge in [-0.25, -0.2) is 18.6 Å². The van der Waals surface area contributed by atoms with Gasteiger partial charge in [-0.05, 0) is 49.6 Å². The molecule has 3 amide bonds. The molecule has 0 fully saturated rings. The van der Waals surface area contributed by atoms with Gasteiger partial charge in [0, 0.05) is 19.2 Å². The van der Waals surface area contributed by atoms with Crippen LogP contribution in [0.2, 0.25) is 0 Å². The molecule has 9 nitrogen and oxygen atoms in total. The maximum absolute atomic E-state index is 14.2. The lowest BCUT2D eigenvalue weighted by atomic mass is 9.91. The number of hydrogen-bond acceptors (Lipinski definition) is 5. The molecule has 0 atom stereocenters. The van der Waals surface area contributed by atoms with Gasteiger partial charge in [-0.3, -0.25) is 10.1 Å². The van der Waals surface area contributed by atoms with Crippen molar-refractivity contribution in [3.8, 4) is 6.07 Å². The van der Waals surface area contributed by atoms with Crippen LogP contribution in [-0.2, 0) is 11.3 Å². The lowest BCUT2D eigenvalue weighted by molar-refractivity contribution is -0.120. The van der Waals surface area contributed by atoms with Crippen LogP contribution in [0.25, 0.3) is 11.0 Å². The summed E-state index contributed by atoms with van der Waals surface area (Å²) in [5, 5.41) is 23.8. The second kappa shape index (κ2) is 10.1. The zero-order valence-corrected chi connectivity index (χ0v) is 21.6. The smallest absolute Gasteiger partial charge is 0.326 e. The van der Waals surface area contributed by atoms with Gasteiger partial charge in [0.2, 0.25) is 11.9 Å². The number of rotatable bonds is 6. The summed E-state index contributed by atoms with van der Waals surface area (Å²) in [7, 11) is 1.66. The fourth-order valence-electron chi connectivity index (χ4n) is 3.69. The number of nitrogens with one attached hydrogen (secondary N) is 2. The minimum Gasteiger partial charge on any atom is -0.389 e. The number of anilines is 3. The van der Waals surface area contributed by atoms with E-state index in [2.05, 4.69) is 15.6 Å². The van der Waals surface area contributed by atoms with Crippen molar-refractivity contribution in [2.24, 2.45) is 5.41 Å². The summed E-state index contributed by atoms with van der Waals surface area (Å²) in [6, 6.07) is 7.40. The van der Waals surface area contributed by atoms with E-state index < -0.39 is 29.0 Å². The number of carbonyl (C=O) groups is 2. The first-order valence-electron chi connectivity index (χ1n) is 11.5. The third-order valence-corrected chi connectivity index (χ3v) is 5.35. The number of benzene rings is 2. The Hall–Kier alpha value is -4.04. The van der Waals surface area contributed by atoms with E-state index >= 15 is 0 Å². The van der Waals surface area contributed by atoms with Gasteiger partial charge in [0.1, 0.15) is 5.69 Å². The summed E-state index contributed by atoms with van der Waals surface area (Å²) in [5.74, 6) is -2.27. The van der Waals surface area contributed by atoms with Crippen molar-refractivity contribution in [3.63, 3.8) is 0 Å². The fraction of sp³-hybridized carbons (Fsp3) is 0.385. The first-order chi connectivity index (χ1) is 17.1. The Balaban J connectivity index is 1.95. The minimum absolute atomic E-state index is 0.0184. The number of urea groups is 1. The van der Waals surface area contributed by atoms with E-state index in [4.69, 9.17) is 5.26 Å². The molecule has 0 aliphatic rings. The first kappa shape index (κ1) is 27.5. The average molecular weight is 513 g/mol. The highest BCUT2D eigenvalue weighted by atomic mass is 19.1. The number of nitrogens with zero attached hydrogens (tertiary/aromatic N) is 4. The number of aliphatic hydroxyl groups is 1. The van der Waals surface area contributed by atoms with Gasteiger partial charge in [-0.1, -0.05) is 20.8 Å². The van der Waals surface area contributed by atoms with E-state index in [1.54, 1.807) is 49.7 Å². The lowest BCUT2D eigenvalue weighted by Crippen LogP contribution is -2.30. The molecule has 0 saturated heterocycles. The zero-order valence-electron chi connectivity index (χ0n) is 21.6. The van der Waals surface area contributed by atoms with Crippen LogP contribution in [0.4, 0.5) is 30.9 Å². The molecule has 0 bridgehead atoms. The van der Waals surface area contributed by atoms with Crippen LogP contribution in [0.15, 0.2) is 30.3 Å². The Kier molecular flexibility index (Phi) is 7.55. The number of halogens is 2. The van der Waals surface area contributed by atoms with Crippen molar-refractivity contribution in [1.29, 1.82) is 5.26 Å². The molecule has 196 valence electrons. The quantitative estimate of drug-likeness (QED) is 0.429. The van der Waals surface area contributed by atoms with Crippen molar-refractivity contribution in [2.45, 2.75) is 53.2 Å². The molecule has 1 heterocycles. The molecule has 3 aromatic rings. The van der Waals surface area contributed by atoms with E-state index in [9.17, 15) is 23.5 Å². The van der Waals surface area contributed by atoms with Gasteiger partial charge < -0.3 is 19.9 Å². The van der Waals surface area contributed by atoms with Gasteiger partial charge >= 0.3 is 6.03 Å². The standard InChI is InChI=1S/C26H30F2N6O3/c1-25(2,3)12-21(35)33(6)16-7-8-20-19(11-16)30-23(34(20)14-26(4,5)37)32-24(36)31-22-17(27)9-15(13-29)10-18(22)28/h7-11,37H,12,14H2,1-6H3,(H2,30,31,32,36). The van der Waals surface area contributed by atoms with E-state index in [0.29, 0.717) is 23.1 Å². The molecular weight excluding hydrogens is 482 g/mol. The maximum atomic E-state index is 14.2. The largest absolute Gasteiger partial charge is 0.389 e. The summed E-state index contributed by atoms with van der Waals surface area (Å²) in [6.07, 6.45) is 0.337. The molecule has 37 heavy (non-hydrogen) atoms. The summed E-state index contributed by atoms with van der Waals surface area (Å²) in [4.78, 5) is 31.3. The molecule has 3 N–H and O–H groups in total. The van der Waals surface area contributed by atoms with Crippen LogP contribution in [0.1, 0.15) is 46.6 Å².